The van der Waals surface area contributed by atoms with E-state index in [2.05, 4.69) is 21.2 Å². The zero-order valence-corrected chi connectivity index (χ0v) is 12.4. The first-order chi connectivity index (χ1) is 9.02. The third-order valence-electron chi connectivity index (χ3n) is 3.37. The van der Waals surface area contributed by atoms with E-state index in [1.807, 2.05) is 19.1 Å². The molecule has 1 amide bonds. The number of carbonyl (C=O) groups excluding carboxylic acids is 2. The zero-order valence-electron chi connectivity index (χ0n) is 10.9. The van der Waals surface area contributed by atoms with Crippen LogP contribution in [-0.2, 0) is 14.3 Å². The van der Waals surface area contributed by atoms with Gasteiger partial charge in [0.25, 0.3) is 0 Å². The number of methoxy groups -OCH3 is 1. The summed E-state index contributed by atoms with van der Waals surface area (Å²) in [5.74, 6) is -0.0967. The highest BCUT2D eigenvalue weighted by Crippen LogP contribution is 2.38. The lowest BCUT2D eigenvalue weighted by Gasteiger charge is -2.17. The van der Waals surface area contributed by atoms with Crippen LogP contribution in [0.3, 0.4) is 0 Å². The number of halogens is 1. The Bertz CT molecular complexity index is 486. The quantitative estimate of drug-likeness (QED) is 0.865. The smallest absolute Gasteiger partial charge is 0.333 e. The lowest BCUT2D eigenvalue weighted by atomic mass is 10.1. The molecule has 19 heavy (non-hydrogen) atoms. The molecule has 2 rings (SSSR count). The van der Waals surface area contributed by atoms with Gasteiger partial charge in [0.05, 0.1) is 7.11 Å². The van der Waals surface area contributed by atoms with E-state index >= 15 is 0 Å². The van der Waals surface area contributed by atoms with E-state index in [0.29, 0.717) is 5.92 Å². The molecule has 0 aromatic heterocycles. The minimum Gasteiger partial charge on any atom is -0.467 e. The maximum atomic E-state index is 12.0. The van der Waals surface area contributed by atoms with Crippen molar-refractivity contribution >= 4 is 27.8 Å². The number of amides is 1. The van der Waals surface area contributed by atoms with E-state index < -0.39 is 12.0 Å². The lowest BCUT2D eigenvalue weighted by Crippen LogP contribution is -2.35. The summed E-state index contributed by atoms with van der Waals surface area (Å²) in [7, 11) is 1.32. The highest BCUT2D eigenvalue weighted by Gasteiger charge is 2.40. The topological polar surface area (TPSA) is 55.4 Å². The maximum Gasteiger partial charge on any atom is 0.333 e. The third kappa shape index (κ3) is 3.35. The molecule has 1 aromatic rings. The molecule has 1 aliphatic rings. The molecule has 1 saturated carbocycles. The normalized spacial score (nSPS) is 22.5. The molecule has 0 bridgehead atoms. The Morgan fingerprint density at radius 3 is 2.42 bits per heavy atom. The van der Waals surface area contributed by atoms with E-state index in [-0.39, 0.29) is 11.8 Å². The average Bonchev–Trinajstić information content (AvgIpc) is 3.13. The molecule has 1 aliphatic carbocycles. The van der Waals surface area contributed by atoms with Crippen LogP contribution in [0, 0.1) is 11.8 Å². The standard InChI is InChI=1S/C14H16BrNO3/c1-8-7-11(8)13(17)16-12(14(18)19-2)9-3-5-10(15)6-4-9/h3-6,8,11-12H,7H2,1-2H3,(H,16,17). The molecular formula is C14H16BrNO3. The average molecular weight is 326 g/mol. The van der Waals surface area contributed by atoms with E-state index in [4.69, 9.17) is 4.74 Å². The fourth-order valence-electron chi connectivity index (χ4n) is 1.99. The van der Waals surface area contributed by atoms with Gasteiger partial charge in [-0.05, 0) is 30.0 Å². The summed E-state index contributed by atoms with van der Waals surface area (Å²) < 4.78 is 5.68. The summed E-state index contributed by atoms with van der Waals surface area (Å²) >= 11 is 3.34. The van der Waals surface area contributed by atoms with Gasteiger partial charge in [-0.2, -0.15) is 0 Å². The van der Waals surface area contributed by atoms with E-state index in [9.17, 15) is 9.59 Å². The summed E-state index contributed by atoms with van der Waals surface area (Å²) in [6.07, 6.45) is 0.889. The minimum atomic E-state index is -0.738. The Hall–Kier alpha value is -1.36. The second-order valence-electron chi connectivity index (χ2n) is 4.84. The number of nitrogens with one attached hydrogen (secondary N) is 1. The fraction of sp³-hybridized carbons (Fsp3) is 0.429. The van der Waals surface area contributed by atoms with Crippen molar-refractivity contribution in [1.82, 2.24) is 5.32 Å². The van der Waals surface area contributed by atoms with Crippen molar-refractivity contribution in [3.8, 4) is 0 Å². The molecule has 4 nitrogen and oxygen atoms in total. The van der Waals surface area contributed by atoms with Crippen LogP contribution in [0.4, 0.5) is 0 Å². The predicted molar refractivity (Wildman–Crippen MR) is 74.3 cm³/mol. The number of carbonyl (C=O) groups is 2. The second-order valence-corrected chi connectivity index (χ2v) is 5.75. The van der Waals surface area contributed by atoms with Crippen LogP contribution in [-0.4, -0.2) is 19.0 Å². The van der Waals surface area contributed by atoms with E-state index in [1.54, 1.807) is 12.1 Å². The summed E-state index contributed by atoms with van der Waals surface area (Å²) in [4.78, 5) is 23.8. The lowest BCUT2D eigenvalue weighted by molar-refractivity contribution is -0.145. The van der Waals surface area contributed by atoms with Gasteiger partial charge >= 0.3 is 5.97 Å². The Balaban J connectivity index is 2.14. The summed E-state index contributed by atoms with van der Waals surface area (Å²) in [5, 5.41) is 2.77. The van der Waals surface area contributed by atoms with Gasteiger partial charge in [-0.25, -0.2) is 4.79 Å². The van der Waals surface area contributed by atoms with Gasteiger partial charge in [0.15, 0.2) is 6.04 Å². The number of benzene rings is 1. The Kier molecular flexibility index (Phi) is 4.24. The molecular weight excluding hydrogens is 310 g/mol. The Morgan fingerprint density at radius 1 is 1.37 bits per heavy atom. The number of hydrogen-bond acceptors (Lipinski definition) is 3. The van der Waals surface area contributed by atoms with E-state index in [0.717, 1.165) is 16.5 Å². The third-order valence-corrected chi connectivity index (χ3v) is 3.90. The van der Waals surface area contributed by atoms with Crippen LogP contribution in [0.15, 0.2) is 28.7 Å². The van der Waals surface area contributed by atoms with Crippen molar-refractivity contribution in [2.75, 3.05) is 7.11 Å². The second kappa shape index (κ2) is 5.74. The highest BCUT2D eigenvalue weighted by atomic mass is 79.9. The maximum absolute atomic E-state index is 12.0. The SMILES string of the molecule is COC(=O)C(NC(=O)C1CC1C)c1ccc(Br)cc1. The van der Waals surface area contributed by atoms with Crippen molar-refractivity contribution in [1.29, 1.82) is 0 Å². The monoisotopic (exact) mass is 325 g/mol. The van der Waals surface area contributed by atoms with Crippen molar-refractivity contribution in [2.24, 2.45) is 11.8 Å². The van der Waals surface area contributed by atoms with Gasteiger partial charge in [-0.3, -0.25) is 4.79 Å². The van der Waals surface area contributed by atoms with Gasteiger partial charge < -0.3 is 10.1 Å². The van der Waals surface area contributed by atoms with Crippen molar-refractivity contribution in [3.05, 3.63) is 34.3 Å². The van der Waals surface area contributed by atoms with Crippen LogP contribution in [0.5, 0.6) is 0 Å². The molecule has 1 aromatic carbocycles. The molecule has 1 fully saturated rings. The first kappa shape index (κ1) is 14.1. The highest BCUT2D eigenvalue weighted by molar-refractivity contribution is 9.10. The number of hydrogen-bond donors (Lipinski definition) is 1. The number of ether oxygens (including phenoxy) is 1. The van der Waals surface area contributed by atoms with Gasteiger partial charge in [0, 0.05) is 10.4 Å². The molecule has 0 heterocycles. The van der Waals surface area contributed by atoms with Gasteiger partial charge in [-0.15, -0.1) is 0 Å². The molecule has 0 saturated heterocycles. The van der Waals surface area contributed by atoms with Crippen LogP contribution >= 0.6 is 15.9 Å². The molecule has 0 spiro atoms. The number of rotatable bonds is 4. The van der Waals surface area contributed by atoms with Crippen molar-refractivity contribution < 1.29 is 14.3 Å². The molecule has 0 aliphatic heterocycles. The molecule has 0 radical (unpaired) electrons. The van der Waals surface area contributed by atoms with Gasteiger partial charge in [-0.1, -0.05) is 35.0 Å². The molecule has 1 N–H and O–H groups in total. The summed E-state index contributed by atoms with van der Waals surface area (Å²) in [6, 6.07) is 6.51. The molecule has 3 unspecified atom stereocenters. The Labute approximate surface area is 120 Å². The van der Waals surface area contributed by atoms with E-state index in [1.165, 1.54) is 7.11 Å². The van der Waals surface area contributed by atoms with Crippen molar-refractivity contribution in [3.63, 3.8) is 0 Å². The van der Waals surface area contributed by atoms with Gasteiger partial charge in [0.2, 0.25) is 5.91 Å². The summed E-state index contributed by atoms with van der Waals surface area (Å²) in [5.41, 5.74) is 0.719. The molecule has 3 atom stereocenters. The number of esters is 1. The zero-order chi connectivity index (χ0) is 14.0. The van der Waals surface area contributed by atoms with Crippen LogP contribution in [0.2, 0.25) is 0 Å². The Morgan fingerprint density at radius 2 is 1.95 bits per heavy atom. The first-order valence-electron chi connectivity index (χ1n) is 6.16. The molecule has 102 valence electrons. The molecule has 5 heteroatoms. The van der Waals surface area contributed by atoms with Gasteiger partial charge in [0.1, 0.15) is 0 Å². The fourth-order valence-corrected chi connectivity index (χ4v) is 2.25. The van der Waals surface area contributed by atoms with Crippen LogP contribution in [0.1, 0.15) is 24.9 Å². The minimum absolute atomic E-state index is 0.0302. The first-order valence-corrected chi connectivity index (χ1v) is 6.96. The van der Waals surface area contributed by atoms with Crippen LogP contribution < -0.4 is 5.32 Å². The largest absolute Gasteiger partial charge is 0.467 e. The van der Waals surface area contributed by atoms with Crippen LogP contribution in [0.25, 0.3) is 0 Å². The van der Waals surface area contributed by atoms with Crippen molar-refractivity contribution in [2.45, 2.75) is 19.4 Å². The summed E-state index contributed by atoms with van der Waals surface area (Å²) in [6.45, 7) is 2.02. The predicted octanol–water partition coefficient (Wildman–Crippen LogP) is 2.44.